The van der Waals surface area contributed by atoms with Crippen molar-refractivity contribution in [3.8, 4) is 6.07 Å². The van der Waals surface area contributed by atoms with E-state index in [1.165, 1.54) is 23.7 Å². The van der Waals surface area contributed by atoms with Crippen LogP contribution in [0.3, 0.4) is 0 Å². The number of furan rings is 1. The first-order valence-electron chi connectivity index (χ1n) is 10.3. The van der Waals surface area contributed by atoms with Gasteiger partial charge in [-0.1, -0.05) is 0 Å². The van der Waals surface area contributed by atoms with Gasteiger partial charge in [0.05, 0.1) is 17.9 Å². The third-order valence-corrected chi connectivity index (χ3v) is 6.45. The van der Waals surface area contributed by atoms with E-state index in [1.54, 1.807) is 18.2 Å². The summed E-state index contributed by atoms with van der Waals surface area (Å²) < 4.78 is 16.2. The van der Waals surface area contributed by atoms with Crippen molar-refractivity contribution in [3.05, 3.63) is 46.2 Å². The topological polar surface area (TPSA) is 114 Å². The summed E-state index contributed by atoms with van der Waals surface area (Å²) in [6.07, 6.45) is 7.57. The quantitative estimate of drug-likeness (QED) is 0.662. The van der Waals surface area contributed by atoms with Crippen LogP contribution in [0.5, 0.6) is 0 Å². The number of nitrogens with one attached hydrogen (secondary N) is 2. The van der Waals surface area contributed by atoms with Crippen LogP contribution >= 0.6 is 11.3 Å². The molecule has 2 aliphatic rings. The molecule has 8 nitrogen and oxygen atoms in total. The molecule has 0 saturated carbocycles. The molecule has 2 unspecified atom stereocenters. The van der Waals surface area contributed by atoms with Gasteiger partial charge < -0.3 is 24.5 Å². The molecule has 0 aromatic carbocycles. The summed E-state index contributed by atoms with van der Waals surface area (Å²) >= 11 is 1.36. The molecular weight excluding hydrogens is 418 g/mol. The van der Waals surface area contributed by atoms with E-state index in [4.69, 9.17) is 13.9 Å². The SMILES string of the molecule is N#Cc1c(NC(=O)/C=C/c2ccco2)sc2c1CCC(OC(=O)NCC1CCCO1)C2. The first-order chi connectivity index (χ1) is 15.1. The van der Waals surface area contributed by atoms with Gasteiger partial charge in [-0.25, -0.2) is 4.79 Å². The molecule has 1 saturated heterocycles. The number of anilines is 1. The fourth-order valence-corrected chi connectivity index (χ4v) is 5.02. The zero-order valence-electron chi connectivity index (χ0n) is 16.9. The molecule has 1 fully saturated rings. The largest absolute Gasteiger partial charge is 0.465 e. The summed E-state index contributed by atoms with van der Waals surface area (Å²) in [5.41, 5.74) is 1.42. The van der Waals surface area contributed by atoms with Gasteiger partial charge in [0.2, 0.25) is 5.91 Å². The number of hydrogen-bond acceptors (Lipinski definition) is 7. The van der Waals surface area contributed by atoms with E-state index < -0.39 is 6.09 Å². The number of hydrogen-bond donors (Lipinski definition) is 2. The predicted molar refractivity (Wildman–Crippen MR) is 115 cm³/mol. The van der Waals surface area contributed by atoms with Crippen LogP contribution in [0.2, 0.25) is 0 Å². The number of rotatable bonds is 6. The summed E-state index contributed by atoms with van der Waals surface area (Å²) in [6.45, 7) is 1.19. The van der Waals surface area contributed by atoms with Gasteiger partial charge in [-0.3, -0.25) is 4.79 Å². The molecule has 0 spiro atoms. The number of fused-ring (bicyclic) bond motifs is 1. The van der Waals surface area contributed by atoms with Crippen LogP contribution in [0.1, 0.15) is 41.0 Å². The lowest BCUT2D eigenvalue weighted by Crippen LogP contribution is -2.36. The van der Waals surface area contributed by atoms with Crippen LogP contribution in [0.15, 0.2) is 28.9 Å². The number of nitriles is 1. The molecule has 162 valence electrons. The van der Waals surface area contributed by atoms with Crippen molar-refractivity contribution in [3.63, 3.8) is 0 Å². The molecule has 2 aromatic heterocycles. The molecular formula is C22H23N3O5S. The summed E-state index contributed by atoms with van der Waals surface area (Å²) in [5.74, 6) is 0.228. The summed E-state index contributed by atoms with van der Waals surface area (Å²) in [7, 11) is 0. The summed E-state index contributed by atoms with van der Waals surface area (Å²) in [6, 6.07) is 5.68. The lowest BCUT2D eigenvalue weighted by molar-refractivity contribution is -0.111. The van der Waals surface area contributed by atoms with E-state index in [2.05, 4.69) is 16.7 Å². The van der Waals surface area contributed by atoms with Gasteiger partial charge in [-0.2, -0.15) is 5.26 Å². The van der Waals surface area contributed by atoms with Gasteiger partial charge in [0.25, 0.3) is 0 Å². The van der Waals surface area contributed by atoms with Gasteiger partial charge in [-0.15, -0.1) is 11.3 Å². The molecule has 2 N–H and O–H groups in total. The second kappa shape index (κ2) is 9.81. The van der Waals surface area contributed by atoms with Crippen LogP contribution < -0.4 is 10.6 Å². The minimum atomic E-state index is -0.447. The van der Waals surface area contributed by atoms with Crippen LogP contribution in [0.4, 0.5) is 9.80 Å². The molecule has 3 heterocycles. The highest BCUT2D eigenvalue weighted by atomic mass is 32.1. The number of amides is 2. The Morgan fingerprint density at radius 2 is 2.29 bits per heavy atom. The Morgan fingerprint density at radius 1 is 1.39 bits per heavy atom. The average Bonchev–Trinajstić information content (AvgIpc) is 3.51. The van der Waals surface area contributed by atoms with Crippen LogP contribution in [0, 0.1) is 11.3 Å². The van der Waals surface area contributed by atoms with Gasteiger partial charge >= 0.3 is 6.09 Å². The Hall–Kier alpha value is -3.09. The van der Waals surface area contributed by atoms with E-state index in [-0.39, 0.29) is 18.1 Å². The Balaban J connectivity index is 1.34. The molecule has 4 rings (SSSR count). The molecule has 31 heavy (non-hydrogen) atoms. The van der Waals surface area contributed by atoms with Crippen molar-refractivity contribution in [1.29, 1.82) is 5.26 Å². The van der Waals surface area contributed by atoms with Crippen molar-refractivity contribution >= 4 is 34.4 Å². The van der Waals surface area contributed by atoms with Crippen LogP contribution in [0.25, 0.3) is 6.08 Å². The third kappa shape index (κ3) is 5.34. The Bertz CT molecular complexity index is 999. The zero-order valence-corrected chi connectivity index (χ0v) is 17.7. The standard InChI is InChI=1S/C22H23N3O5S/c23-12-18-17-7-5-15(30-22(27)24-13-16-4-2-10-29-16)11-19(17)31-21(18)25-20(26)8-6-14-3-1-9-28-14/h1,3,6,8-9,15-16H,2,4-5,7,10-11,13H2,(H,24,27)(H,25,26)/b8-6+. The molecule has 1 aliphatic carbocycles. The van der Waals surface area contributed by atoms with Gasteiger partial charge in [0.15, 0.2) is 0 Å². The monoisotopic (exact) mass is 441 g/mol. The highest BCUT2D eigenvalue weighted by molar-refractivity contribution is 7.16. The third-order valence-electron chi connectivity index (χ3n) is 5.28. The fourth-order valence-electron chi connectivity index (χ4n) is 3.76. The van der Waals surface area contributed by atoms with Crippen molar-refractivity contribution in [2.45, 2.75) is 44.3 Å². The average molecular weight is 442 g/mol. The molecule has 1 aliphatic heterocycles. The lowest BCUT2D eigenvalue weighted by atomic mass is 9.94. The minimum Gasteiger partial charge on any atom is -0.465 e. The Kier molecular flexibility index (Phi) is 6.70. The van der Waals surface area contributed by atoms with E-state index in [1.807, 2.05) is 0 Å². The highest BCUT2D eigenvalue weighted by Gasteiger charge is 2.28. The van der Waals surface area contributed by atoms with Gasteiger partial charge in [-0.05, 0) is 49.5 Å². The zero-order chi connectivity index (χ0) is 21.6. The number of carbonyl (C=O) groups is 2. The van der Waals surface area contributed by atoms with Crippen LogP contribution in [-0.2, 0) is 27.1 Å². The van der Waals surface area contributed by atoms with E-state index in [0.29, 0.717) is 42.1 Å². The lowest BCUT2D eigenvalue weighted by Gasteiger charge is -2.23. The fraction of sp³-hybridized carbons (Fsp3) is 0.409. The maximum atomic E-state index is 12.2. The van der Waals surface area contributed by atoms with Crippen molar-refractivity contribution in [2.24, 2.45) is 0 Å². The molecule has 0 bridgehead atoms. The second-order valence-electron chi connectivity index (χ2n) is 7.44. The second-order valence-corrected chi connectivity index (χ2v) is 8.55. The van der Waals surface area contributed by atoms with E-state index in [0.717, 1.165) is 29.9 Å². The number of thiophene rings is 1. The smallest absolute Gasteiger partial charge is 0.407 e. The maximum absolute atomic E-state index is 12.2. The maximum Gasteiger partial charge on any atom is 0.407 e. The molecule has 2 amide bonds. The van der Waals surface area contributed by atoms with Crippen molar-refractivity contribution in [1.82, 2.24) is 5.32 Å². The normalized spacial score (nSPS) is 20.2. The summed E-state index contributed by atoms with van der Waals surface area (Å²) in [4.78, 5) is 25.3. The molecule has 2 aromatic rings. The van der Waals surface area contributed by atoms with E-state index >= 15 is 0 Å². The molecule has 2 atom stereocenters. The van der Waals surface area contributed by atoms with Gasteiger partial charge in [0, 0.05) is 30.5 Å². The van der Waals surface area contributed by atoms with Crippen LogP contribution in [-0.4, -0.2) is 37.4 Å². The summed E-state index contributed by atoms with van der Waals surface area (Å²) in [5, 5.41) is 15.7. The van der Waals surface area contributed by atoms with E-state index in [9.17, 15) is 14.9 Å². The number of nitrogens with zero attached hydrogens (tertiary/aromatic N) is 1. The predicted octanol–water partition coefficient (Wildman–Crippen LogP) is 3.63. The Labute approximate surface area is 183 Å². The number of carbonyl (C=O) groups excluding carboxylic acids is 2. The first-order valence-corrected chi connectivity index (χ1v) is 11.1. The first kappa shape index (κ1) is 21.2. The van der Waals surface area contributed by atoms with Gasteiger partial charge in [0.1, 0.15) is 22.9 Å². The number of ether oxygens (including phenoxy) is 2. The number of alkyl carbamates (subject to hydrolysis) is 1. The molecule has 0 radical (unpaired) electrons. The van der Waals surface area contributed by atoms with Crippen molar-refractivity contribution < 1.29 is 23.5 Å². The minimum absolute atomic E-state index is 0.0639. The molecule has 9 heteroatoms. The highest BCUT2D eigenvalue weighted by Crippen LogP contribution is 2.38. The van der Waals surface area contributed by atoms with Crippen molar-refractivity contribution in [2.75, 3.05) is 18.5 Å². The Morgan fingerprint density at radius 3 is 3.03 bits per heavy atom.